The largest absolute Gasteiger partial charge is 0.478 e. The lowest BCUT2D eigenvalue weighted by molar-refractivity contribution is -0.384. The average Bonchev–Trinajstić information content (AvgIpc) is 2.95. The van der Waals surface area contributed by atoms with E-state index in [9.17, 15) is 20.0 Å². The summed E-state index contributed by atoms with van der Waals surface area (Å²) in [6.45, 7) is 2.33. The van der Waals surface area contributed by atoms with Crippen LogP contribution in [0.4, 0.5) is 11.4 Å². The molecule has 22 heavy (non-hydrogen) atoms. The van der Waals surface area contributed by atoms with Crippen LogP contribution in [-0.4, -0.2) is 48.1 Å². The second-order valence-corrected chi connectivity index (χ2v) is 5.36. The minimum atomic E-state index is -1.17. The van der Waals surface area contributed by atoms with Crippen molar-refractivity contribution in [2.24, 2.45) is 0 Å². The van der Waals surface area contributed by atoms with Gasteiger partial charge in [0.2, 0.25) is 0 Å². The van der Waals surface area contributed by atoms with Crippen LogP contribution in [0.1, 0.15) is 23.2 Å². The highest BCUT2D eigenvalue weighted by atomic mass is 16.7. The minimum Gasteiger partial charge on any atom is -0.478 e. The summed E-state index contributed by atoms with van der Waals surface area (Å²) in [5.74, 6) is -1.71. The third-order valence-electron chi connectivity index (χ3n) is 4.10. The number of ether oxygens (including phenoxy) is 2. The molecule has 8 nitrogen and oxygen atoms in total. The smallest absolute Gasteiger partial charge is 0.338 e. The highest BCUT2D eigenvalue weighted by Crippen LogP contribution is 2.35. The van der Waals surface area contributed by atoms with E-state index in [0.29, 0.717) is 44.8 Å². The molecule has 0 atom stereocenters. The molecule has 0 unspecified atom stereocenters. The molecular weight excluding hydrogens is 292 g/mol. The number of carbonyl (C=O) groups is 1. The van der Waals surface area contributed by atoms with E-state index >= 15 is 0 Å². The number of aromatic carboxylic acids is 1. The van der Waals surface area contributed by atoms with E-state index in [2.05, 4.69) is 0 Å². The summed E-state index contributed by atoms with van der Waals surface area (Å²) in [7, 11) is 0. The number of hydrogen-bond acceptors (Lipinski definition) is 6. The zero-order chi connectivity index (χ0) is 15.7. The molecule has 2 heterocycles. The van der Waals surface area contributed by atoms with Crippen molar-refractivity contribution in [2.75, 3.05) is 31.2 Å². The number of nitro benzene ring substituents is 1. The van der Waals surface area contributed by atoms with Crippen molar-refractivity contribution in [1.82, 2.24) is 0 Å². The number of hydrogen-bond donors (Lipinski definition) is 1. The Kier molecular flexibility index (Phi) is 3.71. The maximum absolute atomic E-state index is 11.4. The number of carboxylic acids is 1. The van der Waals surface area contributed by atoms with E-state index in [0.717, 1.165) is 6.07 Å². The minimum absolute atomic E-state index is 0.0570. The van der Waals surface area contributed by atoms with Crippen LogP contribution in [0.3, 0.4) is 0 Å². The predicted molar refractivity (Wildman–Crippen MR) is 76.1 cm³/mol. The lowest BCUT2D eigenvalue weighted by Gasteiger charge is -2.39. The molecule has 2 fully saturated rings. The highest BCUT2D eigenvalue weighted by Gasteiger charge is 2.40. The summed E-state index contributed by atoms with van der Waals surface area (Å²) in [5.41, 5.74) is 0.210. The van der Waals surface area contributed by atoms with Gasteiger partial charge in [0.25, 0.3) is 5.69 Å². The van der Waals surface area contributed by atoms with Gasteiger partial charge in [-0.25, -0.2) is 4.79 Å². The number of piperidine rings is 1. The normalized spacial score (nSPS) is 20.3. The standard InChI is InChI=1S/C14H16N2O6/c17-13(18)11-9-10(16(19)20)1-2-12(11)15-5-3-14(4-6-15)21-7-8-22-14/h1-2,9H,3-8H2,(H,17,18). The van der Waals surface area contributed by atoms with Crippen molar-refractivity contribution >= 4 is 17.3 Å². The molecule has 1 spiro atoms. The van der Waals surface area contributed by atoms with Gasteiger partial charge in [0.15, 0.2) is 5.79 Å². The average molecular weight is 308 g/mol. The summed E-state index contributed by atoms with van der Waals surface area (Å²) in [4.78, 5) is 23.5. The van der Waals surface area contributed by atoms with Crippen LogP contribution < -0.4 is 4.90 Å². The van der Waals surface area contributed by atoms with E-state index in [1.165, 1.54) is 12.1 Å². The molecule has 0 saturated carbocycles. The number of nitro groups is 1. The fourth-order valence-corrected chi connectivity index (χ4v) is 2.96. The third kappa shape index (κ3) is 2.62. The Morgan fingerprint density at radius 1 is 1.27 bits per heavy atom. The van der Waals surface area contributed by atoms with Crippen molar-refractivity contribution in [3.8, 4) is 0 Å². The Balaban J connectivity index is 1.83. The van der Waals surface area contributed by atoms with Crippen molar-refractivity contribution in [2.45, 2.75) is 18.6 Å². The van der Waals surface area contributed by atoms with Gasteiger partial charge in [-0.1, -0.05) is 0 Å². The molecular formula is C14H16N2O6. The zero-order valence-corrected chi connectivity index (χ0v) is 11.9. The summed E-state index contributed by atoms with van der Waals surface area (Å²) >= 11 is 0. The van der Waals surface area contributed by atoms with Gasteiger partial charge in [-0.05, 0) is 6.07 Å². The van der Waals surface area contributed by atoms with Gasteiger partial charge in [0.1, 0.15) is 0 Å². The molecule has 0 amide bonds. The van der Waals surface area contributed by atoms with Crippen LogP contribution in [0.5, 0.6) is 0 Å². The first-order valence-electron chi connectivity index (χ1n) is 7.05. The Morgan fingerprint density at radius 2 is 1.91 bits per heavy atom. The first-order chi connectivity index (χ1) is 10.5. The van der Waals surface area contributed by atoms with Gasteiger partial charge in [0, 0.05) is 38.1 Å². The summed E-state index contributed by atoms with van der Waals surface area (Å²) in [5, 5.41) is 20.1. The van der Waals surface area contributed by atoms with Crippen LogP contribution in [0.2, 0.25) is 0 Å². The number of benzene rings is 1. The first kappa shape index (κ1) is 14.7. The summed E-state index contributed by atoms with van der Waals surface area (Å²) in [6.07, 6.45) is 1.28. The molecule has 2 aliphatic rings. The van der Waals surface area contributed by atoms with Crippen LogP contribution in [0, 0.1) is 10.1 Å². The molecule has 0 aromatic heterocycles. The molecule has 118 valence electrons. The van der Waals surface area contributed by atoms with Crippen LogP contribution in [-0.2, 0) is 9.47 Å². The number of nitrogens with zero attached hydrogens (tertiary/aromatic N) is 2. The fraction of sp³-hybridized carbons (Fsp3) is 0.500. The highest BCUT2D eigenvalue weighted by molar-refractivity contribution is 5.95. The van der Waals surface area contributed by atoms with Crippen molar-refractivity contribution in [1.29, 1.82) is 0 Å². The molecule has 1 aromatic carbocycles. The van der Waals surface area contributed by atoms with E-state index in [1.807, 2.05) is 4.90 Å². The molecule has 3 rings (SSSR count). The van der Waals surface area contributed by atoms with Gasteiger partial charge < -0.3 is 19.5 Å². The number of anilines is 1. The van der Waals surface area contributed by atoms with E-state index in [4.69, 9.17) is 9.47 Å². The Hall–Kier alpha value is -2.19. The lowest BCUT2D eigenvalue weighted by atomic mass is 10.0. The lowest BCUT2D eigenvalue weighted by Crippen LogP contribution is -2.45. The number of non-ortho nitro benzene ring substituents is 1. The predicted octanol–water partition coefficient (Wildman–Crippen LogP) is 1.64. The third-order valence-corrected chi connectivity index (χ3v) is 4.10. The summed E-state index contributed by atoms with van der Waals surface area (Å²) in [6, 6.07) is 3.93. The quantitative estimate of drug-likeness (QED) is 0.668. The molecule has 0 radical (unpaired) electrons. The molecule has 0 aliphatic carbocycles. The molecule has 0 bridgehead atoms. The van der Waals surface area contributed by atoms with E-state index in [-0.39, 0.29) is 11.3 Å². The van der Waals surface area contributed by atoms with Crippen LogP contribution in [0.15, 0.2) is 18.2 Å². The second kappa shape index (κ2) is 5.54. The molecule has 8 heteroatoms. The maximum atomic E-state index is 11.4. The van der Waals surface area contributed by atoms with Gasteiger partial charge in [0.05, 0.1) is 29.4 Å². The van der Waals surface area contributed by atoms with Crippen molar-refractivity contribution in [3.63, 3.8) is 0 Å². The zero-order valence-electron chi connectivity index (χ0n) is 11.9. The van der Waals surface area contributed by atoms with Crippen LogP contribution in [0.25, 0.3) is 0 Å². The van der Waals surface area contributed by atoms with Crippen molar-refractivity contribution < 1.29 is 24.3 Å². The van der Waals surface area contributed by atoms with Gasteiger partial charge in [-0.3, -0.25) is 10.1 Å². The molecule has 2 saturated heterocycles. The Bertz CT molecular complexity index is 601. The Labute approximate surface area is 126 Å². The maximum Gasteiger partial charge on any atom is 0.338 e. The molecule has 1 aromatic rings. The number of rotatable bonds is 3. The second-order valence-electron chi connectivity index (χ2n) is 5.36. The van der Waals surface area contributed by atoms with Gasteiger partial charge in [-0.15, -0.1) is 0 Å². The van der Waals surface area contributed by atoms with Crippen LogP contribution >= 0.6 is 0 Å². The monoisotopic (exact) mass is 308 g/mol. The SMILES string of the molecule is O=C(O)c1cc([N+](=O)[O-])ccc1N1CCC2(CC1)OCCO2. The molecule has 2 aliphatic heterocycles. The summed E-state index contributed by atoms with van der Waals surface area (Å²) < 4.78 is 11.3. The van der Waals surface area contributed by atoms with E-state index in [1.54, 1.807) is 0 Å². The molecule has 1 N–H and O–H groups in total. The van der Waals surface area contributed by atoms with E-state index < -0.39 is 16.7 Å². The van der Waals surface area contributed by atoms with Gasteiger partial charge >= 0.3 is 5.97 Å². The van der Waals surface area contributed by atoms with Crippen molar-refractivity contribution in [3.05, 3.63) is 33.9 Å². The number of carboxylic acid groups (broad SMARTS) is 1. The fourth-order valence-electron chi connectivity index (χ4n) is 2.96. The van der Waals surface area contributed by atoms with Gasteiger partial charge in [-0.2, -0.15) is 0 Å². The topological polar surface area (TPSA) is 102 Å². The Morgan fingerprint density at radius 3 is 2.45 bits per heavy atom. The first-order valence-corrected chi connectivity index (χ1v) is 7.05.